The monoisotopic (exact) mass is 354 g/mol. The molecule has 0 aliphatic heterocycles. The Labute approximate surface area is 156 Å². The van der Waals surface area contributed by atoms with Crippen LogP contribution < -0.4 is 5.32 Å². The van der Waals surface area contributed by atoms with E-state index in [4.69, 9.17) is 0 Å². The van der Waals surface area contributed by atoms with Crippen LogP contribution in [-0.2, 0) is 25.9 Å². The van der Waals surface area contributed by atoms with Crippen molar-refractivity contribution in [2.75, 3.05) is 14.1 Å². The van der Waals surface area contributed by atoms with Gasteiger partial charge in [-0.1, -0.05) is 36.8 Å². The number of benzene rings is 1. The van der Waals surface area contributed by atoms with Crippen molar-refractivity contribution in [1.29, 1.82) is 0 Å². The first kappa shape index (κ1) is 18.6. The van der Waals surface area contributed by atoms with Crippen LogP contribution in [0.2, 0.25) is 0 Å². The van der Waals surface area contributed by atoms with Gasteiger partial charge in [0.2, 0.25) is 0 Å². The summed E-state index contributed by atoms with van der Waals surface area (Å²) >= 11 is 0. The van der Waals surface area contributed by atoms with Gasteiger partial charge in [-0.25, -0.2) is 0 Å². The van der Waals surface area contributed by atoms with Crippen molar-refractivity contribution in [2.24, 2.45) is 0 Å². The number of nitrogens with zero attached hydrogens (tertiary/aromatic N) is 3. The maximum atomic E-state index is 12.6. The lowest BCUT2D eigenvalue weighted by atomic mass is 9.91. The average Bonchev–Trinajstić information content (AvgIpc) is 2.97. The molecule has 1 aliphatic rings. The minimum atomic E-state index is 0.00966. The van der Waals surface area contributed by atoms with Crippen molar-refractivity contribution < 1.29 is 4.79 Å². The van der Waals surface area contributed by atoms with Gasteiger partial charge in [-0.15, -0.1) is 0 Å². The molecule has 5 heteroatoms. The first-order chi connectivity index (χ1) is 12.5. The van der Waals surface area contributed by atoms with E-state index in [0.29, 0.717) is 11.7 Å². The molecule has 0 spiro atoms. The van der Waals surface area contributed by atoms with E-state index in [1.54, 1.807) is 19.0 Å². The third kappa shape index (κ3) is 3.98. The van der Waals surface area contributed by atoms with Gasteiger partial charge >= 0.3 is 0 Å². The summed E-state index contributed by atoms with van der Waals surface area (Å²) in [7, 11) is 3.59. The quantitative estimate of drug-likeness (QED) is 0.868. The summed E-state index contributed by atoms with van der Waals surface area (Å²) in [5, 5.41) is 8.35. The highest BCUT2D eigenvalue weighted by Gasteiger charge is 2.29. The molecule has 0 fully saturated rings. The Morgan fingerprint density at radius 2 is 2.19 bits per heavy atom. The first-order valence-electron chi connectivity index (χ1n) is 9.58. The zero-order valence-corrected chi connectivity index (χ0v) is 16.4. The number of nitrogens with one attached hydrogen (secondary N) is 1. The number of carbonyl (C=O) groups excluding carboxylic acids is 1. The molecule has 1 aromatic carbocycles. The molecule has 5 nitrogen and oxygen atoms in total. The molecule has 1 aromatic heterocycles. The predicted molar refractivity (Wildman–Crippen MR) is 104 cm³/mol. The number of rotatable bonds is 6. The average molecular weight is 354 g/mol. The van der Waals surface area contributed by atoms with Crippen LogP contribution in [0, 0.1) is 6.92 Å². The van der Waals surface area contributed by atoms with Crippen LogP contribution in [-0.4, -0.2) is 40.7 Å². The van der Waals surface area contributed by atoms with E-state index in [1.165, 1.54) is 16.8 Å². The molecule has 0 unspecified atom stereocenters. The fourth-order valence-corrected chi connectivity index (χ4v) is 3.73. The summed E-state index contributed by atoms with van der Waals surface area (Å²) in [4.78, 5) is 14.2. The van der Waals surface area contributed by atoms with E-state index >= 15 is 0 Å². The summed E-state index contributed by atoms with van der Waals surface area (Å²) in [6.07, 6.45) is 3.97. The van der Waals surface area contributed by atoms with E-state index in [0.717, 1.165) is 44.3 Å². The van der Waals surface area contributed by atoms with Gasteiger partial charge in [0, 0.05) is 44.5 Å². The fourth-order valence-electron chi connectivity index (χ4n) is 3.73. The fraction of sp³-hybridized carbons (Fsp3) is 0.524. The molecule has 3 rings (SSSR count). The molecular formula is C21H30N4O. The summed E-state index contributed by atoms with van der Waals surface area (Å²) in [6, 6.07) is 9.00. The minimum absolute atomic E-state index is 0.00966. The maximum absolute atomic E-state index is 12.6. The van der Waals surface area contributed by atoms with Crippen molar-refractivity contribution in [3.63, 3.8) is 0 Å². The Kier molecular flexibility index (Phi) is 5.77. The lowest BCUT2D eigenvalue weighted by Crippen LogP contribution is -2.35. The predicted octanol–water partition coefficient (Wildman–Crippen LogP) is 2.95. The van der Waals surface area contributed by atoms with E-state index in [-0.39, 0.29) is 5.91 Å². The number of fused-ring (bicyclic) bond motifs is 1. The third-order valence-electron chi connectivity index (χ3n) is 5.07. The van der Waals surface area contributed by atoms with Gasteiger partial charge in [-0.05, 0) is 38.2 Å². The Morgan fingerprint density at radius 3 is 2.88 bits per heavy atom. The van der Waals surface area contributed by atoms with E-state index in [9.17, 15) is 4.79 Å². The second-order valence-electron chi connectivity index (χ2n) is 7.51. The van der Waals surface area contributed by atoms with Crippen LogP contribution in [0.25, 0.3) is 0 Å². The molecule has 1 heterocycles. The molecule has 1 atom stereocenters. The Morgan fingerprint density at radius 1 is 1.38 bits per heavy atom. The van der Waals surface area contributed by atoms with Crippen LogP contribution in [0.5, 0.6) is 0 Å². The molecular weight excluding hydrogens is 324 g/mol. The van der Waals surface area contributed by atoms with E-state index in [1.807, 2.05) is 0 Å². The smallest absolute Gasteiger partial charge is 0.274 e. The van der Waals surface area contributed by atoms with Crippen molar-refractivity contribution in [1.82, 2.24) is 20.0 Å². The molecule has 26 heavy (non-hydrogen) atoms. The zero-order chi connectivity index (χ0) is 18.7. The lowest BCUT2D eigenvalue weighted by molar-refractivity contribution is 0.0819. The van der Waals surface area contributed by atoms with Crippen LogP contribution in [0.3, 0.4) is 0 Å². The molecule has 1 N–H and O–H groups in total. The zero-order valence-electron chi connectivity index (χ0n) is 16.4. The maximum Gasteiger partial charge on any atom is 0.274 e. The summed E-state index contributed by atoms with van der Waals surface area (Å²) in [6.45, 7) is 6.01. The van der Waals surface area contributed by atoms with Crippen molar-refractivity contribution in [3.8, 4) is 0 Å². The van der Waals surface area contributed by atoms with Gasteiger partial charge in [0.25, 0.3) is 5.91 Å². The van der Waals surface area contributed by atoms with Gasteiger partial charge in [-0.2, -0.15) is 5.10 Å². The van der Waals surface area contributed by atoms with Crippen molar-refractivity contribution in [3.05, 3.63) is 52.3 Å². The van der Waals surface area contributed by atoms with E-state index in [2.05, 4.69) is 53.2 Å². The van der Waals surface area contributed by atoms with Crippen molar-refractivity contribution in [2.45, 2.75) is 58.7 Å². The lowest BCUT2D eigenvalue weighted by Gasteiger charge is -2.25. The molecule has 1 amide bonds. The summed E-state index contributed by atoms with van der Waals surface area (Å²) in [5.41, 5.74) is 5.63. The minimum Gasteiger partial charge on any atom is -0.343 e. The standard InChI is InChI=1S/C21H30N4O/c1-5-11-25-19-10-9-17(22-14-16-8-6-7-15(2)12-16)13-18(19)20(23-25)21(26)24(3)4/h6-8,12,17,22H,5,9-11,13-14H2,1-4H3/t17-/m1/s1. The molecule has 0 saturated heterocycles. The number of aromatic nitrogens is 2. The number of amides is 1. The van der Waals surface area contributed by atoms with Crippen LogP contribution >= 0.6 is 0 Å². The Balaban J connectivity index is 1.76. The molecule has 0 bridgehead atoms. The third-order valence-corrected chi connectivity index (χ3v) is 5.07. The molecule has 1 aliphatic carbocycles. The summed E-state index contributed by atoms with van der Waals surface area (Å²) < 4.78 is 2.06. The molecule has 2 aromatic rings. The van der Waals surface area contributed by atoms with Crippen molar-refractivity contribution >= 4 is 5.91 Å². The second-order valence-corrected chi connectivity index (χ2v) is 7.51. The number of carbonyl (C=O) groups is 1. The first-order valence-corrected chi connectivity index (χ1v) is 9.58. The van der Waals surface area contributed by atoms with Crippen LogP contribution in [0.4, 0.5) is 0 Å². The van der Waals surface area contributed by atoms with Gasteiger partial charge in [-0.3, -0.25) is 9.48 Å². The number of hydrogen-bond acceptors (Lipinski definition) is 3. The second kappa shape index (κ2) is 8.04. The SMILES string of the molecule is CCCn1nc(C(=O)N(C)C)c2c1CC[C@@H](NCc1cccc(C)c1)C2. The molecule has 140 valence electrons. The molecule has 0 radical (unpaired) electrons. The molecule has 0 saturated carbocycles. The largest absolute Gasteiger partial charge is 0.343 e. The normalized spacial score (nSPS) is 16.4. The number of hydrogen-bond donors (Lipinski definition) is 1. The highest BCUT2D eigenvalue weighted by Crippen LogP contribution is 2.26. The van der Waals surface area contributed by atoms with Gasteiger partial charge < -0.3 is 10.2 Å². The Hall–Kier alpha value is -2.14. The number of aryl methyl sites for hydroxylation is 2. The van der Waals surface area contributed by atoms with E-state index < -0.39 is 0 Å². The highest BCUT2D eigenvalue weighted by atomic mass is 16.2. The summed E-state index contributed by atoms with van der Waals surface area (Å²) in [5.74, 6) is 0.00966. The topological polar surface area (TPSA) is 50.2 Å². The van der Waals surface area contributed by atoms with Gasteiger partial charge in [0.05, 0.1) is 0 Å². The van der Waals surface area contributed by atoms with Crippen LogP contribution in [0.1, 0.15) is 52.6 Å². The van der Waals surface area contributed by atoms with Gasteiger partial charge in [0.15, 0.2) is 5.69 Å². The Bertz CT molecular complexity index is 778. The van der Waals surface area contributed by atoms with Crippen LogP contribution in [0.15, 0.2) is 24.3 Å². The van der Waals surface area contributed by atoms with Gasteiger partial charge in [0.1, 0.15) is 0 Å². The highest BCUT2D eigenvalue weighted by molar-refractivity contribution is 5.93.